The van der Waals surface area contributed by atoms with Gasteiger partial charge in [0.25, 0.3) is 15.9 Å². The molecule has 52 heavy (non-hydrogen) atoms. The lowest BCUT2D eigenvalue weighted by molar-refractivity contribution is 0.0326. The SMILES string of the molecule is Cc1ccc(S(=O)(=O)n2cc(-c3ccc(C(=O)N(C)CC(C)O)cc3)c3nc(-c4cc(C)c5c(c4)CN(CCN4CCOCC4)CC5)cnc32)cc1. The van der Waals surface area contributed by atoms with Crippen LogP contribution in [0.1, 0.15) is 39.5 Å². The van der Waals surface area contributed by atoms with Crippen LogP contribution < -0.4 is 0 Å². The van der Waals surface area contributed by atoms with E-state index < -0.39 is 16.1 Å². The van der Waals surface area contributed by atoms with Gasteiger partial charge in [0.2, 0.25) is 0 Å². The molecule has 12 heteroatoms. The van der Waals surface area contributed by atoms with Gasteiger partial charge in [0.05, 0.1) is 36.1 Å². The molecule has 1 saturated heterocycles. The molecule has 1 atom stereocenters. The fraction of sp³-hybridized carbons (Fsp3) is 0.375. The molecular formula is C40H46N6O5S. The number of amides is 1. The van der Waals surface area contributed by atoms with Crippen molar-refractivity contribution in [2.45, 2.75) is 44.7 Å². The van der Waals surface area contributed by atoms with E-state index in [1.54, 1.807) is 74.9 Å². The monoisotopic (exact) mass is 722 g/mol. The number of ether oxygens (including phenoxy) is 1. The van der Waals surface area contributed by atoms with Gasteiger partial charge in [-0.05, 0) is 85.8 Å². The first kappa shape index (κ1) is 35.9. The Hall–Kier alpha value is -4.46. The third-order valence-corrected chi connectivity index (χ3v) is 11.8. The van der Waals surface area contributed by atoms with Crippen LogP contribution in [-0.2, 0) is 27.7 Å². The summed E-state index contributed by atoms with van der Waals surface area (Å²) in [6.07, 6.45) is 3.57. The quantitative estimate of drug-likeness (QED) is 0.218. The maximum absolute atomic E-state index is 14.1. The molecule has 2 aliphatic rings. The van der Waals surface area contributed by atoms with Crippen LogP contribution in [-0.4, -0.2) is 114 Å². The van der Waals surface area contributed by atoms with Gasteiger partial charge in [0, 0.05) is 75.7 Å². The standard InChI is InChI=1S/C40H46N6O5S/c1-27-5-11-34(12-6-27)52(49,50)46-26-36(30-7-9-31(10-8-30)40(48)43(4)24-29(3)47)38-39(46)41-23-37(42-38)32-21-28(2)35-13-14-45(25-33(35)22-32)16-15-44-17-19-51-20-18-44/h5-12,21-23,26,29,47H,13-20,24-25H2,1-4H3. The van der Waals surface area contributed by atoms with Crippen LogP contribution in [0, 0.1) is 13.8 Å². The zero-order valence-corrected chi connectivity index (χ0v) is 31.1. The summed E-state index contributed by atoms with van der Waals surface area (Å²) in [7, 11) is -2.37. The Morgan fingerprint density at radius 2 is 1.67 bits per heavy atom. The van der Waals surface area contributed by atoms with Crippen LogP contribution in [0.25, 0.3) is 33.5 Å². The number of nitrogens with zero attached hydrogens (tertiary/aromatic N) is 6. The predicted molar refractivity (Wildman–Crippen MR) is 202 cm³/mol. The Labute approximate surface area is 305 Å². The Kier molecular flexibility index (Phi) is 10.3. The summed E-state index contributed by atoms with van der Waals surface area (Å²) in [6.45, 7) is 13.4. The minimum atomic E-state index is -4.02. The summed E-state index contributed by atoms with van der Waals surface area (Å²) in [5.74, 6) is -0.221. The molecule has 0 saturated carbocycles. The lowest BCUT2D eigenvalue weighted by atomic mass is 9.92. The van der Waals surface area contributed by atoms with Gasteiger partial charge in [0.1, 0.15) is 5.52 Å². The number of likely N-dealkylation sites (N-methyl/N-ethyl adjacent to an activating group) is 1. The van der Waals surface area contributed by atoms with Gasteiger partial charge in [-0.2, -0.15) is 0 Å². The summed E-state index contributed by atoms with van der Waals surface area (Å²) < 4.78 is 34.9. The van der Waals surface area contributed by atoms with E-state index in [2.05, 4.69) is 28.9 Å². The molecule has 2 aliphatic heterocycles. The molecule has 0 aliphatic carbocycles. The molecule has 0 spiro atoms. The smallest absolute Gasteiger partial charge is 0.269 e. The largest absolute Gasteiger partial charge is 0.392 e. The molecular weight excluding hydrogens is 677 g/mol. The topological polar surface area (TPSA) is 121 Å². The molecule has 7 rings (SSSR count). The highest BCUT2D eigenvalue weighted by atomic mass is 32.2. The molecule has 1 amide bonds. The zero-order chi connectivity index (χ0) is 36.6. The van der Waals surface area contributed by atoms with Crippen LogP contribution >= 0.6 is 0 Å². The fourth-order valence-electron chi connectivity index (χ4n) is 7.24. The van der Waals surface area contributed by atoms with E-state index in [-0.39, 0.29) is 23.0 Å². The van der Waals surface area contributed by atoms with E-state index in [4.69, 9.17) is 14.7 Å². The van der Waals surface area contributed by atoms with Crippen LogP contribution in [0.15, 0.2) is 78.0 Å². The lowest BCUT2D eigenvalue weighted by Crippen LogP contribution is -2.42. The molecule has 4 heterocycles. The van der Waals surface area contributed by atoms with Crippen LogP contribution in [0.2, 0.25) is 0 Å². The van der Waals surface area contributed by atoms with E-state index in [1.165, 1.54) is 25.6 Å². The first-order valence-electron chi connectivity index (χ1n) is 17.9. The summed E-state index contributed by atoms with van der Waals surface area (Å²) in [6, 6.07) is 18.1. The van der Waals surface area contributed by atoms with Gasteiger partial charge in [-0.25, -0.2) is 22.4 Å². The van der Waals surface area contributed by atoms with Crippen LogP contribution in [0.5, 0.6) is 0 Å². The number of rotatable bonds is 10. The molecule has 1 fully saturated rings. The number of carbonyl (C=O) groups excluding carboxylic acids is 1. The molecule has 2 aromatic heterocycles. The lowest BCUT2D eigenvalue weighted by Gasteiger charge is -2.33. The number of hydrogen-bond acceptors (Lipinski definition) is 9. The molecule has 3 aromatic carbocycles. The van der Waals surface area contributed by atoms with E-state index in [0.717, 1.165) is 70.0 Å². The summed E-state index contributed by atoms with van der Waals surface area (Å²) >= 11 is 0. The fourth-order valence-corrected chi connectivity index (χ4v) is 8.55. The number of aromatic nitrogens is 3. The molecule has 0 bridgehead atoms. The Morgan fingerprint density at radius 1 is 0.962 bits per heavy atom. The van der Waals surface area contributed by atoms with Crippen molar-refractivity contribution in [3.05, 3.63) is 101 Å². The van der Waals surface area contributed by atoms with E-state index in [0.29, 0.717) is 27.9 Å². The molecule has 11 nitrogen and oxygen atoms in total. The maximum Gasteiger partial charge on any atom is 0.269 e. The van der Waals surface area contributed by atoms with Crippen molar-refractivity contribution in [3.63, 3.8) is 0 Å². The summed E-state index contributed by atoms with van der Waals surface area (Å²) in [4.78, 5) is 29.5. The third-order valence-electron chi connectivity index (χ3n) is 10.1. The van der Waals surface area contributed by atoms with Crippen molar-refractivity contribution in [2.24, 2.45) is 0 Å². The number of fused-ring (bicyclic) bond motifs is 2. The Morgan fingerprint density at radius 3 is 2.38 bits per heavy atom. The molecule has 0 radical (unpaired) electrons. The number of hydrogen-bond donors (Lipinski definition) is 1. The normalized spacial score (nSPS) is 16.2. The second-order valence-corrected chi connectivity index (χ2v) is 15.9. The van der Waals surface area contributed by atoms with Gasteiger partial charge in [-0.3, -0.25) is 14.6 Å². The second kappa shape index (κ2) is 14.9. The third kappa shape index (κ3) is 7.39. The maximum atomic E-state index is 14.1. The first-order chi connectivity index (χ1) is 25.0. The zero-order valence-electron chi connectivity index (χ0n) is 30.2. The highest BCUT2D eigenvalue weighted by molar-refractivity contribution is 7.90. The number of morpholine rings is 1. The average molecular weight is 723 g/mol. The van der Waals surface area contributed by atoms with E-state index >= 15 is 0 Å². The van der Waals surface area contributed by atoms with Gasteiger partial charge < -0.3 is 14.7 Å². The van der Waals surface area contributed by atoms with Crippen molar-refractivity contribution in [1.29, 1.82) is 0 Å². The van der Waals surface area contributed by atoms with Gasteiger partial charge in [0.15, 0.2) is 5.65 Å². The second-order valence-electron chi connectivity index (χ2n) is 14.1. The Bertz CT molecular complexity index is 2190. The van der Waals surface area contributed by atoms with E-state index in [9.17, 15) is 18.3 Å². The van der Waals surface area contributed by atoms with Crippen LogP contribution in [0.4, 0.5) is 0 Å². The van der Waals surface area contributed by atoms with E-state index in [1.807, 2.05) is 6.92 Å². The minimum Gasteiger partial charge on any atom is -0.392 e. The van der Waals surface area contributed by atoms with Crippen LogP contribution in [0.3, 0.4) is 0 Å². The van der Waals surface area contributed by atoms with Gasteiger partial charge in [-0.15, -0.1) is 0 Å². The van der Waals surface area contributed by atoms with Gasteiger partial charge in [-0.1, -0.05) is 29.8 Å². The Balaban J connectivity index is 1.26. The summed E-state index contributed by atoms with van der Waals surface area (Å²) in [5, 5.41) is 9.77. The molecule has 1 unspecified atom stereocenters. The van der Waals surface area contributed by atoms with Crippen molar-refractivity contribution in [2.75, 3.05) is 59.5 Å². The molecule has 1 N–H and O–H groups in total. The van der Waals surface area contributed by atoms with Crippen molar-refractivity contribution < 1.29 is 23.1 Å². The van der Waals surface area contributed by atoms with Gasteiger partial charge >= 0.3 is 0 Å². The number of aliphatic hydroxyl groups is 1. The first-order valence-corrected chi connectivity index (χ1v) is 19.3. The van der Waals surface area contributed by atoms with Crippen molar-refractivity contribution in [3.8, 4) is 22.4 Å². The number of aryl methyl sites for hydroxylation is 2. The minimum absolute atomic E-state index is 0.151. The average Bonchev–Trinajstić information content (AvgIpc) is 3.54. The molecule has 5 aromatic rings. The summed E-state index contributed by atoms with van der Waals surface area (Å²) in [5.41, 5.74) is 8.82. The number of aliphatic hydroxyl groups excluding tert-OH is 1. The highest BCUT2D eigenvalue weighted by Gasteiger charge is 2.26. The number of carbonyl (C=O) groups is 1. The highest BCUT2D eigenvalue weighted by Crippen LogP contribution is 2.34. The van der Waals surface area contributed by atoms with Crippen molar-refractivity contribution >= 4 is 27.1 Å². The van der Waals surface area contributed by atoms with Crippen molar-refractivity contribution in [1.82, 2.24) is 28.6 Å². The predicted octanol–water partition coefficient (Wildman–Crippen LogP) is 4.76. The molecule has 272 valence electrons. The number of benzene rings is 3.